The molecule has 0 spiro atoms. The fourth-order valence-corrected chi connectivity index (χ4v) is 3.36. The number of carbonyl (C=O) groups excluding carboxylic acids is 3. The third-order valence-electron chi connectivity index (χ3n) is 4.73. The van der Waals surface area contributed by atoms with Gasteiger partial charge in [0.05, 0.1) is 12.0 Å². The number of nitrogens with zero attached hydrogens (tertiary/aromatic N) is 1. The minimum atomic E-state index is -1.26. The molecule has 0 aliphatic carbocycles. The van der Waals surface area contributed by atoms with E-state index in [0.29, 0.717) is 24.9 Å². The molecule has 2 aromatic rings. The van der Waals surface area contributed by atoms with Gasteiger partial charge in [0.25, 0.3) is 5.91 Å². The van der Waals surface area contributed by atoms with Crippen LogP contribution in [0, 0.1) is 0 Å². The van der Waals surface area contributed by atoms with Crippen LogP contribution >= 0.6 is 0 Å². The Bertz CT molecular complexity index is 807. The van der Waals surface area contributed by atoms with E-state index in [1.165, 1.54) is 4.90 Å². The van der Waals surface area contributed by atoms with Crippen LogP contribution in [0.25, 0.3) is 0 Å². The van der Waals surface area contributed by atoms with E-state index in [9.17, 15) is 19.5 Å². The zero-order chi connectivity index (χ0) is 19.2. The Hall–Kier alpha value is -3.15. The molecule has 6 nitrogen and oxygen atoms in total. The highest BCUT2D eigenvalue weighted by molar-refractivity contribution is 5.98. The van der Waals surface area contributed by atoms with E-state index >= 15 is 0 Å². The van der Waals surface area contributed by atoms with Crippen LogP contribution in [0.5, 0.6) is 0 Å². The normalized spacial score (nSPS) is 17.3. The molecular weight excluding hydrogens is 344 g/mol. The average Bonchev–Trinajstić information content (AvgIpc) is 3.18. The number of carboxylic acids is 1. The molecule has 6 heteroatoms. The van der Waals surface area contributed by atoms with Crippen molar-refractivity contribution in [2.45, 2.75) is 31.3 Å². The monoisotopic (exact) mass is 365 g/mol. The molecule has 0 radical (unpaired) electrons. The highest BCUT2D eigenvalue weighted by Gasteiger charge is 2.34. The Morgan fingerprint density at radius 1 is 1.04 bits per heavy atom. The van der Waals surface area contributed by atoms with E-state index in [2.05, 4.69) is 5.32 Å². The van der Waals surface area contributed by atoms with Crippen LogP contribution in [0.2, 0.25) is 0 Å². The maximum Gasteiger partial charge on any atom is 0.251 e. The van der Waals surface area contributed by atoms with Crippen LogP contribution in [0.4, 0.5) is 0 Å². The van der Waals surface area contributed by atoms with Crippen molar-refractivity contribution >= 4 is 17.8 Å². The number of benzene rings is 2. The largest absolute Gasteiger partial charge is 0.548 e. The summed E-state index contributed by atoms with van der Waals surface area (Å²) in [5, 5.41) is 14.1. The molecule has 1 aliphatic rings. The van der Waals surface area contributed by atoms with Gasteiger partial charge in [0, 0.05) is 18.5 Å². The summed E-state index contributed by atoms with van der Waals surface area (Å²) in [5.74, 6) is -2.02. The first kappa shape index (κ1) is 18.6. The fourth-order valence-electron chi connectivity index (χ4n) is 3.36. The number of rotatable bonds is 6. The lowest BCUT2D eigenvalue weighted by Crippen LogP contribution is -2.54. The number of carbonyl (C=O) groups is 3. The van der Waals surface area contributed by atoms with Crippen molar-refractivity contribution in [3.63, 3.8) is 0 Å². The van der Waals surface area contributed by atoms with E-state index in [0.717, 1.165) is 5.56 Å². The molecule has 2 amide bonds. The summed E-state index contributed by atoms with van der Waals surface area (Å²) in [4.78, 5) is 38.3. The van der Waals surface area contributed by atoms with Gasteiger partial charge in [-0.2, -0.15) is 0 Å². The predicted octanol–water partition coefficient (Wildman–Crippen LogP) is 0.769. The minimum absolute atomic E-state index is 0.286. The van der Waals surface area contributed by atoms with Gasteiger partial charge in [-0.05, 0) is 30.5 Å². The molecule has 3 rings (SSSR count). The smallest absolute Gasteiger partial charge is 0.251 e. The van der Waals surface area contributed by atoms with E-state index in [1.807, 2.05) is 30.3 Å². The van der Waals surface area contributed by atoms with Crippen LogP contribution < -0.4 is 10.4 Å². The van der Waals surface area contributed by atoms with Crippen molar-refractivity contribution in [2.24, 2.45) is 0 Å². The molecule has 140 valence electrons. The van der Waals surface area contributed by atoms with Gasteiger partial charge in [-0.15, -0.1) is 0 Å². The van der Waals surface area contributed by atoms with Crippen molar-refractivity contribution in [1.82, 2.24) is 10.2 Å². The molecule has 0 unspecified atom stereocenters. The summed E-state index contributed by atoms with van der Waals surface area (Å²) in [6, 6.07) is 16.2. The predicted molar refractivity (Wildman–Crippen MR) is 97.6 cm³/mol. The molecule has 27 heavy (non-hydrogen) atoms. The summed E-state index contributed by atoms with van der Waals surface area (Å²) in [7, 11) is 0. The van der Waals surface area contributed by atoms with Crippen molar-refractivity contribution in [1.29, 1.82) is 0 Å². The second-order valence-corrected chi connectivity index (χ2v) is 6.59. The van der Waals surface area contributed by atoms with E-state index in [4.69, 9.17) is 0 Å². The maximum atomic E-state index is 13.1. The van der Waals surface area contributed by atoms with Crippen molar-refractivity contribution in [3.05, 3.63) is 71.8 Å². The molecule has 2 aromatic carbocycles. The third-order valence-corrected chi connectivity index (χ3v) is 4.73. The van der Waals surface area contributed by atoms with Gasteiger partial charge in [0.1, 0.15) is 6.04 Å². The maximum absolute atomic E-state index is 13.1. The zero-order valence-corrected chi connectivity index (χ0v) is 14.8. The molecule has 1 saturated heterocycles. The van der Waals surface area contributed by atoms with E-state index in [1.54, 1.807) is 30.3 Å². The van der Waals surface area contributed by atoms with Gasteiger partial charge >= 0.3 is 0 Å². The molecule has 0 bridgehead atoms. The second kappa shape index (κ2) is 8.49. The third kappa shape index (κ3) is 4.53. The average molecular weight is 365 g/mol. The fraction of sp³-hybridized carbons (Fsp3) is 0.286. The minimum Gasteiger partial charge on any atom is -0.548 e. The molecule has 0 saturated carbocycles. The number of likely N-dealkylation sites (tertiary alicyclic amines) is 1. The SMILES string of the molecule is O=C(N[C@@H](Cc1ccccc1)C(=O)N1CCC[C@H]1C(=O)[O-])c1ccccc1. The highest BCUT2D eigenvalue weighted by atomic mass is 16.4. The molecule has 0 aromatic heterocycles. The second-order valence-electron chi connectivity index (χ2n) is 6.59. The molecule has 1 fully saturated rings. The lowest BCUT2D eigenvalue weighted by atomic mass is 10.0. The van der Waals surface area contributed by atoms with E-state index < -0.39 is 24.0 Å². The summed E-state index contributed by atoms with van der Waals surface area (Å²) in [6.07, 6.45) is 1.27. The first-order valence-electron chi connectivity index (χ1n) is 8.97. The molecular formula is C21H21N2O4-. The lowest BCUT2D eigenvalue weighted by molar-refractivity contribution is -0.310. The van der Waals surface area contributed by atoms with Crippen LogP contribution in [-0.4, -0.2) is 41.3 Å². The quantitative estimate of drug-likeness (QED) is 0.819. The Morgan fingerprint density at radius 3 is 2.30 bits per heavy atom. The summed E-state index contributed by atoms with van der Waals surface area (Å²) in [6.45, 7) is 0.351. The Labute approximate surface area is 157 Å². The van der Waals surface area contributed by atoms with Gasteiger partial charge in [0.15, 0.2) is 0 Å². The number of carboxylic acid groups (broad SMARTS) is 1. The number of aliphatic carboxylic acids is 1. The van der Waals surface area contributed by atoms with Gasteiger partial charge in [-0.25, -0.2) is 0 Å². The van der Waals surface area contributed by atoms with Gasteiger partial charge in [0.2, 0.25) is 5.91 Å². The number of nitrogens with one attached hydrogen (secondary N) is 1. The molecule has 1 aliphatic heterocycles. The van der Waals surface area contributed by atoms with Crippen LogP contribution in [-0.2, 0) is 16.0 Å². The van der Waals surface area contributed by atoms with E-state index in [-0.39, 0.29) is 12.3 Å². The zero-order valence-electron chi connectivity index (χ0n) is 14.8. The Kier molecular flexibility index (Phi) is 5.86. The van der Waals surface area contributed by atoms with Crippen LogP contribution in [0.1, 0.15) is 28.8 Å². The van der Waals surface area contributed by atoms with Gasteiger partial charge in [-0.3, -0.25) is 9.59 Å². The van der Waals surface area contributed by atoms with Crippen molar-refractivity contribution < 1.29 is 19.5 Å². The first-order chi connectivity index (χ1) is 13.1. The topological polar surface area (TPSA) is 89.5 Å². The summed E-state index contributed by atoms with van der Waals surface area (Å²) in [5.41, 5.74) is 1.33. The standard InChI is InChI=1S/C21H22N2O4/c24-19(16-10-5-2-6-11-16)22-17(14-15-8-3-1-4-9-15)20(25)23-13-7-12-18(23)21(26)27/h1-6,8-11,17-18H,7,12-14H2,(H,22,24)(H,26,27)/p-1/t17-,18-/m0/s1. The number of hydrogen-bond donors (Lipinski definition) is 1. The number of hydrogen-bond acceptors (Lipinski definition) is 4. The molecule has 1 heterocycles. The molecule has 1 N–H and O–H groups in total. The van der Waals surface area contributed by atoms with Crippen LogP contribution in [0.15, 0.2) is 60.7 Å². The molecule has 2 atom stereocenters. The summed E-state index contributed by atoms with van der Waals surface area (Å²) < 4.78 is 0. The van der Waals surface area contributed by atoms with Gasteiger partial charge < -0.3 is 20.1 Å². The van der Waals surface area contributed by atoms with Gasteiger partial charge in [-0.1, -0.05) is 48.5 Å². The Morgan fingerprint density at radius 2 is 1.67 bits per heavy atom. The van der Waals surface area contributed by atoms with Crippen molar-refractivity contribution in [2.75, 3.05) is 6.54 Å². The Balaban J connectivity index is 1.81. The van der Waals surface area contributed by atoms with Crippen LogP contribution in [0.3, 0.4) is 0 Å². The number of amides is 2. The summed E-state index contributed by atoms with van der Waals surface area (Å²) >= 11 is 0. The van der Waals surface area contributed by atoms with Crippen molar-refractivity contribution in [3.8, 4) is 0 Å². The highest BCUT2D eigenvalue weighted by Crippen LogP contribution is 2.19. The lowest BCUT2D eigenvalue weighted by Gasteiger charge is -2.30. The first-order valence-corrected chi connectivity index (χ1v) is 8.97.